The van der Waals surface area contributed by atoms with Crippen molar-refractivity contribution < 1.29 is 13.2 Å². The van der Waals surface area contributed by atoms with Crippen LogP contribution in [0.15, 0.2) is 53.4 Å². The van der Waals surface area contributed by atoms with Gasteiger partial charge in [-0.1, -0.05) is 30.3 Å². The fourth-order valence-electron chi connectivity index (χ4n) is 2.24. The Hall–Kier alpha value is -2.05. The van der Waals surface area contributed by atoms with Crippen LogP contribution in [0.4, 0.5) is 5.69 Å². The van der Waals surface area contributed by atoms with Crippen molar-refractivity contribution in [2.24, 2.45) is 0 Å². The number of nitrogens with one attached hydrogen (secondary N) is 1. The molecular weight excluding hydrogens is 312 g/mol. The van der Waals surface area contributed by atoms with Crippen molar-refractivity contribution in [3.8, 4) is 5.75 Å². The first-order valence-electron chi connectivity index (χ1n) is 7.28. The van der Waals surface area contributed by atoms with Crippen LogP contribution in [0.2, 0.25) is 0 Å². The van der Waals surface area contributed by atoms with Gasteiger partial charge in [-0.15, -0.1) is 0 Å². The first kappa shape index (κ1) is 17.3. The lowest BCUT2D eigenvalue weighted by Gasteiger charge is -2.19. The average molecular weight is 334 g/mol. The Morgan fingerprint density at radius 3 is 2.30 bits per heavy atom. The zero-order valence-corrected chi connectivity index (χ0v) is 14.6. The predicted octanol–water partition coefficient (Wildman–Crippen LogP) is 3.12. The van der Waals surface area contributed by atoms with Crippen molar-refractivity contribution in [2.75, 3.05) is 26.5 Å². The fourth-order valence-corrected chi connectivity index (χ4v) is 3.31. The highest BCUT2D eigenvalue weighted by atomic mass is 32.2. The molecule has 2 rings (SSSR count). The third kappa shape index (κ3) is 3.83. The molecule has 1 atom stereocenters. The summed E-state index contributed by atoms with van der Waals surface area (Å²) in [7, 11) is 0.891. The van der Waals surface area contributed by atoms with Crippen LogP contribution < -0.4 is 10.1 Å². The second-order valence-corrected chi connectivity index (χ2v) is 7.55. The van der Waals surface area contributed by atoms with Crippen LogP contribution in [0.1, 0.15) is 18.5 Å². The summed E-state index contributed by atoms with van der Waals surface area (Å²) in [6.07, 6.45) is 0. The number of nitrogens with zero attached hydrogens (tertiary/aromatic N) is 1. The maximum atomic E-state index is 12.4. The molecule has 124 valence electrons. The molecule has 0 radical (unpaired) electrons. The van der Waals surface area contributed by atoms with Crippen LogP contribution in [0.25, 0.3) is 0 Å². The van der Waals surface area contributed by atoms with Crippen molar-refractivity contribution in [3.63, 3.8) is 0 Å². The molecule has 0 unspecified atom stereocenters. The molecule has 0 aliphatic carbocycles. The smallest absolute Gasteiger partial charge is 0.246 e. The number of sulfonamides is 1. The highest BCUT2D eigenvalue weighted by Gasteiger charge is 2.22. The minimum Gasteiger partial charge on any atom is -0.495 e. The van der Waals surface area contributed by atoms with E-state index in [1.165, 1.54) is 25.5 Å². The van der Waals surface area contributed by atoms with E-state index in [-0.39, 0.29) is 10.9 Å². The highest BCUT2D eigenvalue weighted by Crippen LogP contribution is 2.30. The van der Waals surface area contributed by atoms with Gasteiger partial charge in [-0.3, -0.25) is 0 Å². The van der Waals surface area contributed by atoms with E-state index in [2.05, 4.69) is 5.32 Å². The van der Waals surface area contributed by atoms with Crippen molar-refractivity contribution >= 4 is 15.7 Å². The summed E-state index contributed by atoms with van der Waals surface area (Å²) >= 11 is 0. The molecule has 5 nitrogen and oxygen atoms in total. The summed E-state index contributed by atoms with van der Waals surface area (Å²) in [6.45, 7) is 2.03. The van der Waals surface area contributed by atoms with Crippen molar-refractivity contribution in [1.82, 2.24) is 4.31 Å². The molecule has 6 heteroatoms. The van der Waals surface area contributed by atoms with E-state index < -0.39 is 10.0 Å². The molecular formula is C17H22N2O3S. The number of hydrogen-bond acceptors (Lipinski definition) is 4. The maximum absolute atomic E-state index is 12.4. The molecule has 0 fully saturated rings. The summed E-state index contributed by atoms with van der Waals surface area (Å²) < 4.78 is 31.2. The third-order valence-electron chi connectivity index (χ3n) is 3.60. The lowest BCUT2D eigenvalue weighted by Crippen LogP contribution is -2.23. The number of hydrogen-bond donors (Lipinski definition) is 1. The number of benzene rings is 2. The molecule has 0 heterocycles. The van der Waals surface area contributed by atoms with E-state index in [0.717, 1.165) is 11.3 Å². The zero-order valence-electron chi connectivity index (χ0n) is 13.8. The number of anilines is 1. The Kier molecular flexibility index (Phi) is 5.28. The van der Waals surface area contributed by atoms with E-state index >= 15 is 0 Å². The molecule has 0 bridgehead atoms. The minimum absolute atomic E-state index is 0.0551. The second-order valence-electron chi connectivity index (χ2n) is 5.43. The summed E-state index contributed by atoms with van der Waals surface area (Å²) in [4.78, 5) is 0.148. The summed E-state index contributed by atoms with van der Waals surface area (Å²) in [5.41, 5.74) is 1.85. The fraction of sp³-hybridized carbons (Fsp3) is 0.294. The Morgan fingerprint density at radius 1 is 1.09 bits per heavy atom. The monoisotopic (exact) mass is 334 g/mol. The molecule has 1 N–H and O–H groups in total. The minimum atomic E-state index is -3.57. The molecule has 23 heavy (non-hydrogen) atoms. The molecule has 2 aromatic carbocycles. The lowest BCUT2D eigenvalue weighted by molar-refractivity contribution is 0.400. The van der Waals surface area contributed by atoms with Crippen LogP contribution >= 0.6 is 0 Å². The largest absolute Gasteiger partial charge is 0.495 e. The van der Waals surface area contributed by atoms with E-state index in [1.807, 2.05) is 43.3 Å². The second kappa shape index (κ2) is 7.02. The Labute approximate surface area is 137 Å². The van der Waals surface area contributed by atoms with Crippen molar-refractivity contribution in [2.45, 2.75) is 17.9 Å². The van der Waals surface area contributed by atoms with E-state index in [4.69, 9.17) is 4.74 Å². The SMILES string of the molecule is COc1ccc(N[C@@H](C)c2ccccc2)cc1S(=O)(=O)N(C)C. The van der Waals surface area contributed by atoms with Crippen molar-refractivity contribution in [1.29, 1.82) is 0 Å². The third-order valence-corrected chi connectivity index (χ3v) is 5.44. The van der Waals surface area contributed by atoms with Gasteiger partial charge in [-0.05, 0) is 30.7 Å². The first-order valence-corrected chi connectivity index (χ1v) is 8.72. The van der Waals surface area contributed by atoms with Crippen LogP contribution in [0.5, 0.6) is 5.75 Å². The van der Waals surface area contributed by atoms with E-state index in [1.54, 1.807) is 12.1 Å². The highest BCUT2D eigenvalue weighted by molar-refractivity contribution is 7.89. The summed E-state index contributed by atoms with van der Waals surface area (Å²) in [6, 6.07) is 15.1. The maximum Gasteiger partial charge on any atom is 0.246 e. The van der Waals surface area contributed by atoms with Gasteiger partial charge in [0.2, 0.25) is 10.0 Å². The predicted molar refractivity (Wildman–Crippen MR) is 92.3 cm³/mol. The molecule has 0 aliphatic heterocycles. The van der Waals surface area contributed by atoms with Gasteiger partial charge in [-0.2, -0.15) is 0 Å². The number of rotatable bonds is 6. The van der Waals surface area contributed by atoms with Gasteiger partial charge in [-0.25, -0.2) is 12.7 Å². The molecule has 0 amide bonds. The first-order chi connectivity index (χ1) is 10.9. The molecule has 0 spiro atoms. The van der Waals surface area contributed by atoms with Gasteiger partial charge < -0.3 is 10.1 Å². The van der Waals surface area contributed by atoms with E-state index in [0.29, 0.717) is 5.75 Å². The average Bonchev–Trinajstić information content (AvgIpc) is 2.55. The lowest BCUT2D eigenvalue weighted by atomic mass is 10.1. The number of methoxy groups -OCH3 is 1. The summed E-state index contributed by atoms with van der Waals surface area (Å²) in [5, 5.41) is 3.32. The van der Waals surface area contributed by atoms with E-state index in [9.17, 15) is 8.42 Å². The topological polar surface area (TPSA) is 58.6 Å². The van der Waals surface area contributed by atoms with Gasteiger partial charge in [0.1, 0.15) is 10.6 Å². The molecule has 0 saturated heterocycles. The van der Waals surface area contributed by atoms with Crippen LogP contribution in [-0.2, 0) is 10.0 Å². The summed E-state index contributed by atoms with van der Waals surface area (Å²) in [5.74, 6) is 0.330. The van der Waals surface area contributed by atoms with Gasteiger partial charge >= 0.3 is 0 Å². The van der Waals surface area contributed by atoms with Gasteiger partial charge in [0.15, 0.2) is 0 Å². The molecule has 0 aliphatic rings. The van der Waals surface area contributed by atoms with Crippen molar-refractivity contribution in [3.05, 3.63) is 54.1 Å². The molecule has 0 saturated carbocycles. The van der Waals surface area contributed by atoms with Crippen LogP contribution in [0, 0.1) is 0 Å². The zero-order chi connectivity index (χ0) is 17.0. The Bertz CT molecular complexity index is 759. The van der Waals surface area contributed by atoms with Gasteiger partial charge in [0.05, 0.1) is 7.11 Å². The molecule has 2 aromatic rings. The van der Waals surface area contributed by atoms with Gasteiger partial charge in [0, 0.05) is 25.8 Å². The molecule has 0 aromatic heterocycles. The van der Waals surface area contributed by atoms with Gasteiger partial charge in [0.25, 0.3) is 0 Å². The quantitative estimate of drug-likeness (QED) is 0.882. The van der Waals surface area contributed by atoms with Crippen LogP contribution in [0.3, 0.4) is 0 Å². The standard InChI is InChI=1S/C17H22N2O3S/c1-13(14-8-6-5-7-9-14)18-15-10-11-16(22-4)17(12-15)23(20,21)19(2)3/h5-13,18H,1-4H3/t13-/m0/s1. The van der Waals surface area contributed by atoms with Crippen LogP contribution in [-0.4, -0.2) is 33.9 Å². The Balaban J connectivity index is 2.35. The number of ether oxygens (including phenoxy) is 1. The normalized spacial score (nSPS) is 12.9. The Morgan fingerprint density at radius 2 is 1.74 bits per heavy atom.